The van der Waals surface area contributed by atoms with Crippen molar-refractivity contribution in [3.8, 4) is 11.3 Å². The Hall–Kier alpha value is -1.61. The Morgan fingerprint density at radius 3 is 2.44 bits per heavy atom. The maximum Gasteiger partial charge on any atom is 0.0953 e. The Kier molecular flexibility index (Phi) is 3.06. The topological polar surface area (TPSA) is 29.9 Å². The smallest absolute Gasteiger partial charge is 0.0953 e. The Labute approximate surface area is 96.1 Å². The molecule has 2 aromatic rings. The van der Waals surface area contributed by atoms with Crippen LogP contribution in [0.2, 0.25) is 0 Å². The zero-order valence-electron chi connectivity index (χ0n) is 9.99. The van der Waals surface area contributed by atoms with Gasteiger partial charge in [-0.05, 0) is 19.5 Å². The van der Waals surface area contributed by atoms with Gasteiger partial charge >= 0.3 is 0 Å². The van der Waals surface area contributed by atoms with Crippen LogP contribution < -0.4 is 5.32 Å². The Morgan fingerprint density at radius 2 is 1.94 bits per heavy atom. The van der Waals surface area contributed by atoms with Crippen molar-refractivity contribution in [2.45, 2.75) is 13.5 Å². The minimum atomic E-state index is 0.904. The predicted octanol–water partition coefficient (Wildman–Crippen LogP) is 2.11. The Balaban J connectivity index is 2.31. The first-order valence-electron chi connectivity index (χ1n) is 5.44. The van der Waals surface area contributed by atoms with Crippen molar-refractivity contribution in [3.05, 3.63) is 41.9 Å². The highest BCUT2D eigenvalue weighted by atomic mass is 15.0. The zero-order chi connectivity index (χ0) is 11.5. The summed E-state index contributed by atoms with van der Waals surface area (Å²) in [7, 11) is 3.97. The van der Waals surface area contributed by atoms with E-state index in [1.54, 1.807) is 0 Å². The molecule has 1 aromatic carbocycles. The molecular formula is C13H17N3. The van der Waals surface area contributed by atoms with Gasteiger partial charge in [0, 0.05) is 24.8 Å². The summed E-state index contributed by atoms with van der Waals surface area (Å²) in [5.41, 5.74) is 4.73. The molecule has 3 heteroatoms. The van der Waals surface area contributed by atoms with Crippen molar-refractivity contribution in [2.75, 3.05) is 7.05 Å². The monoisotopic (exact) mass is 215 g/mol. The number of aryl methyl sites for hydroxylation is 1. The first-order chi connectivity index (χ1) is 7.72. The number of hydrogen-bond donors (Lipinski definition) is 1. The van der Waals surface area contributed by atoms with Gasteiger partial charge < -0.3 is 9.88 Å². The largest absolute Gasteiger partial charge is 0.337 e. The summed E-state index contributed by atoms with van der Waals surface area (Å²) < 4.78 is 2.04. The van der Waals surface area contributed by atoms with E-state index < -0.39 is 0 Å². The van der Waals surface area contributed by atoms with Crippen LogP contribution >= 0.6 is 0 Å². The molecule has 0 radical (unpaired) electrons. The third-order valence-electron chi connectivity index (χ3n) is 2.84. The van der Waals surface area contributed by atoms with E-state index in [-0.39, 0.29) is 0 Å². The molecule has 0 saturated carbocycles. The van der Waals surface area contributed by atoms with Gasteiger partial charge in [-0.3, -0.25) is 0 Å². The highest BCUT2D eigenvalue weighted by Gasteiger charge is 2.06. The van der Waals surface area contributed by atoms with Crippen LogP contribution in [0.5, 0.6) is 0 Å². The summed E-state index contributed by atoms with van der Waals surface area (Å²) >= 11 is 0. The molecule has 0 atom stereocenters. The molecule has 16 heavy (non-hydrogen) atoms. The van der Waals surface area contributed by atoms with Crippen LogP contribution in [0.1, 0.15) is 11.3 Å². The van der Waals surface area contributed by atoms with E-state index >= 15 is 0 Å². The van der Waals surface area contributed by atoms with E-state index in [1.165, 1.54) is 16.8 Å². The Bertz CT molecular complexity index is 468. The molecule has 0 saturated heterocycles. The molecule has 1 aromatic heterocycles. The van der Waals surface area contributed by atoms with Crippen LogP contribution in [-0.4, -0.2) is 16.6 Å². The van der Waals surface area contributed by atoms with E-state index in [9.17, 15) is 0 Å². The molecule has 0 aliphatic rings. The van der Waals surface area contributed by atoms with Crippen LogP contribution in [0.25, 0.3) is 11.3 Å². The van der Waals surface area contributed by atoms with Crippen LogP contribution in [0.3, 0.4) is 0 Å². The third kappa shape index (κ3) is 1.99. The number of nitrogens with zero attached hydrogens (tertiary/aromatic N) is 2. The van der Waals surface area contributed by atoms with Crippen molar-refractivity contribution in [2.24, 2.45) is 7.05 Å². The van der Waals surface area contributed by atoms with Gasteiger partial charge in [-0.15, -0.1) is 0 Å². The van der Waals surface area contributed by atoms with Gasteiger partial charge in [-0.1, -0.05) is 24.3 Å². The first-order valence-corrected chi connectivity index (χ1v) is 5.44. The molecule has 0 unspecified atom stereocenters. The van der Waals surface area contributed by atoms with Gasteiger partial charge in [-0.2, -0.15) is 0 Å². The summed E-state index contributed by atoms with van der Waals surface area (Å²) in [5, 5.41) is 3.14. The molecule has 0 spiro atoms. The summed E-state index contributed by atoms with van der Waals surface area (Å²) in [6, 6.07) is 8.53. The normalized spacial score (nSPS) is 10.7. The van der Waals surface area contributed by atoms with Crippen LogP contribution in [0.15, 0.2) is 30.6 Å². The molecule has 1 heterocycles. The van der Waals surface area contributed by atoms with E-state index in [0.29, 0.717) is 0 Å². The summed E-state index contributed by atoms with van der Waals surface area (Å²) in [6.07, 6.45) is 1.85. The first kappa shape index (κ1) is 10.9. The van der Waals surface area contributed by atoms with E-state index in [0.717, 1.165) is 12.2 Å². The fraction of sp³-hybridized carbons (Fsp3) is 0.308. The number of imidazole rings is 1. The van der Waals surface area contributed by atoms with E-state index in [2.05, 4.69) is 41.5 Å². The minimum Gasteiger partial charge on any atom is -0.337 e. The fourth-order valence-corrected chi connectivity index (χ4v) is 1.76. The summed E-state index contributed by atoms with van der Waals surface area (Å²) in [5.74, 6) is 0. The van der Waals surface area contributed by atoms with Gasteiger partial charge in [0.05, 0.1) is 12.0 Å². The molecule has 84 valence electrons. The lowest BCUT2D eigenvalue weighted by atomic mass is 10.1. The second kappa shape index (κ2) is 4.49. The van der Waals surface area contributed by atoms with Gasteiger partial charge in [0.2, 0.25) is 0 Å². The third-order valence-corrected chi connectivity index (χ3v) is 2.84. The van der Waals surface area contributed by atoms with Crippen molar-refractivity contribution in [1.29, 1.82) is 0 Å². The van der Waals surface area contributed by atoms with Gasteiger partial charge in [0.15, 0.2) is 0 Å². The second-order valence-electron chi connectivity index (χ2n) is 4.02. The van der Waals surface area contributed by atoms with E-state index in [4.69, 9.17) is 0 Å². The Morgan fingerprint density at radius 1 is 1.25 bits per heavy atom. The van der Waals surface area contributed by atoms with Crippen LogP contribution in [0.4, 0.5) is 0 Å². The quantitative estimate of drug-likeness (QED) is 0.850. The lowest BCUT2D eigenvalue weighted by Gasteiger charge is -2.03. The second-order valence-corrected chi connectivity index (χ2v) is 4.02. The highest BCUT2D eigenvalue weighted by molar-refractivity contribution is 5.61. The molecule has 1 N–H and O–H groups in total. The molecular weight excluding hydrogens is 198 g/mol. The van der Waals surface area contributed by atoms with Gasteiger partial charge in [-0.25, -0.2) is 4.98 Å². The maximum atomic E-state index is 4.41. The highest BCUT2D eigenvalue weighted by Crippen LogP contribution is 2.21. The van der Waals surface area contributed by atoms with Crippen molar-refractivity contribution >= 4 is 0 Å². The molecule has 3 nitrogen and oxygen atoms in total. The molecule has 2 rings (SSSR count). The number of benzene rings is 1. The SMILES string of the molecule is CNCc1ccc(-c2ncn(C)c2C)cc1. The van der Waals surface area contributed by atoms with Gasteiger partial charge in [0.25, 0.3) is 0 Å². The number of rotatable bonds is 3. The van der Waals surface area contributed by atoms with E-state index in [1.807, 2.05) is 25.0 Å². The number of nitrogens with one attached hydrogen (secondary N) is 1. The summed E-state index contributed by atoms with van der Waals surface area (Å²) in [6.45, 7) is 2.99. The lowest BCUT2D eigenvalue weighted by molar-refractivity contribution is 0.818. The minimum absolute atomic E-state index is 0.904. The molecule has 0 amide bonds. The zero-order valence-corrected chi connectivity index (χ0v) is 9.99. The average molecular weight is 215 g/mol. The van der Waals surface area contributed by atoms with Crippen molar-refractivity contribution < 1.29 is 0 Å². The average Bonchev–Trinajstić information content (AvgIpc) is 2.62. The fourth-order valence-electron chi connectivity index (χ4n) is 1.76. The predicted molar refractivity (Wildman–Crippen MR) is 66.1 cm³/mol. The number of aromatic nitrogens is 2. The molecule has 0 bridgehead atoms. The standard InChI is InChI=1S/C13H17N3/c1-10-13(15-9-16(10)3)12-6-4-11(5-7-12)8-14-2/h4-7,9,14H,8H2,1-3H3. The molecule has 0 aliphatic carbocycles. The van der Waals surface area contributed by atoms with Gasteiger partial charge in [0.1, 0.15) is 0 Å². The molecule has 0 aliphatic heterocycles. The summed E-state index contributed by atoms with van der Waals surface area (Å²) in [4.78, 5) is 4.41. The van der Waals surface area contributed by atoms with Crippen LogP contribution in [-0.2, 0) is 13.6 Å². The maximum absolute atomic E-state index is 4.41. The molecule has 0 fully saturated rings. The van der Waals surface area contributed by atoms with Crippen LogP contribution in [0, 0.1) is 6.92 Å². The van der Waals surface area contributed by atoms with Crippen molar-refractivity contribution in [3.63, 3.8) is 0 Å². The van der Waals surface area contributed by atoms with Crippen molar-refractivity contribution in [1.82, 2.24) is 14.9 Å². The number of hydrogen-bond acceptors (Lipinski definition) is 2. The lowest BCUT2D eigenvalue weighted by Crippen LogP contribution is -2.04.